The summed E-state index contributed by atoms with van der Waals surface area (Å²) in [4.78, 5) is 30.4. The second-order valence-electron chi connectivity index (χ2n) is 9.02. The number of hydrogen-bond donors (Lipinski definition) is 2. The number of ether oxygens (including phenoxy) is 2. The largest absolute Gasteiger partial charge is 0.490 e. The van der Waals surface area contributed by atoms with Crippen molar-refractivity contribution in [1.29, 1.82) is 0 Å². The van der Waals surface area contributed by atoms with Gasteiger partial charge in [-0.25, -0.2) is 9.78 Å². The molecular formula is C22H30ClN3O4. The second kappa shape index (κ2) is 9.51. The van der Waals surface area contributed by atoms with Crippen LogP contribution in [-0.2, 0) is 4.74 Å². The number of alkyl carbamates (subject to hydrolysis) is 1. The molecule has 0 aliphatic rings. The first-order valence-corrected chi connectivity index (χ1v) is 10.2. The quantitative estimate of drug-likeness (QED) is 0.651. The van der Waals surface area contributed by atoms with Crippen molar-refractivity contribution in [3.8, 4) is 17.0 Å². The first-order chi connectivity index (χ1) is 13.9. The van der Waals surface area contributed by atoms with Gasteiger partial charge in [0, 0.05) is 11.6 Å². The lowest BCUT2D eigenvalue weighted by Gasteiger charge is -2.33. The molecule has 1 heterocycles. The van der Waals surface area contributed by atoms with Gasteiger partial charge in [0.25, 0.3) is 5.56 Å². The molecule has 0 saturated heterocycles. The standard InChI is InChI=1S/C22H30ClN3O4/c1-14(2)11-22(6,26-20(28)30-21(3,4)5)12-29-18-8-7-15(9-16(18)23)17-10-19(27)25-13-24-17/h7-10,13-14H,11-12H2,1-6H3,(H,26,28)(H,24,25,27). The lowest BCUT2D eigenvalue weighted by molar-refractivity contribution is 0.0408. The molecule has 30 heavy (non-hydrogen) atoms. The fourth-order valence-corrected chi connectivity index (χ4v) is 3.37. The number of amides is 1. The molecule has 1 atom stereocenters. The fourth-order valence-electron chi connectivity index (χ4n) is 3.14. The molecule has 0 radical (unpaired) electrons. The number of benzene rings is 1. The van der Waals surface area contributed by atoms with Crippen molar-refractivity contribution in [3.63, 3.8) is 0 Å². The molecule has 7 nitrogen and oxygen atoms in total. The Morgan fingerprint density at radius 2 is 1.93 bits per heavy atom. The minimum absolute atomic E-state index is 0.215. The summed E-state index contributed by atoms with van der Waals surface area (Å²) in [7, 11) is 0. The summed E-state index contributed by atoms with van der Waals surface area (Å²) >= 11 is 6.40. The Labute approximate surface area is 182 Å². The van der Waals surface area contributed by atoms with Gasteiger partial charge in [0.2, 0.25) is 0 Å². The van der Waals surface area contributed by atoms with Crippen LogP contribution in [0.4, 0.5) is 4.79 Å². The highest BCUT2D eigenvalue weighted by Gasteiger charge is 2.31. The van der Waals surface area contributed by atoms with Crippen LogP contribution in [0.25, 0.3) is 11.3 Å². The monoisotopic (exact) mass is 435 g/mol. The van der Waals surface area contributed by atoms with Crippen LogP contribution in [0.3, 0.4) is 0 Å². The van der Waals surface area contributed by atoms with Gasteiger partial charge in [-0.05, 0) is 58.2 Å². The lowest BCUT2D eigenvalue weighted by atomic mass is 9.91. The molecule has 0 fully saturated rings. The van der Waals surface area contributed by atoms with Crippen molar-refractivity contribution in [3.05, 3.63) is 46.0 Å². The molecule has 0 bridgehead atoms. The fraction of sp³-hybridized carbons (Fsp3) is 0.500. The minimum atomic E-state index is -0.646. The van der Waals surface area contributed by atoms with E-state index in [4.69, 9.17) is 21.1 Å². The summed E-state index contributed by atoms with van der Waals surface area (Å²) < 4.78 is 11.4. The second-order valence-corrected chi connectivity index (χ2v) is 9.42. The third-order valence-electron chi connectivity index (χ3n) is 4.11. The normalized spacial score (nSPS) is 13.6. The van der Waals surface area contributed by atoms with Gasteiger partial charge in [-0.2, -0.15) is 0 Å². The van der Waals surface area contributed by atoms with E-state index >= 15 is 0 Å². The number of nitrogens with zero attached hydrogens (tertiary/aromatic N) is 1. The average molecular weight is 436 g/mol. The van der Waals surface area contributed by atoms with Crippen LogP contribution in [-0.4, -0.2) is 33.8 Å². The maximum atomic E-state index is 12.3. The van der Waals surface area contributed by atoms with E-state index in [1.807, 2.05) is 27.7 Å². The molecular weight excluding hydrogens is 406 g/mol. The number of hydrogen-bond acceptors (Lipinski definition) is 5. The summed E-state index contributed by atoms with van der Waals surface area (Å²) in [6, 6.07) is 6.60. The van der Waals surface area contributed by atoms with Crippen molar-refractivity contribution >= 4 is 17.7 Å². The Balaban J connectivity index is 2.14. The summed E-state index contributed by atoms with van der Waals surface area (Å²) in [6.07, 6.45) is 1.55. The summed E-state index contributed by atoms with van der Waals surface area (Å²) in [5.41, 5.74) is -0.254. The minimum Gasteiger partial charge on any atom is -0.490 e. The number of halogens is 1. The van der Waals surface area contributed by atoms with E-state index in [1.165, 1.54) is 12.4 Å². The van der Waals surface area contributed by atoms with Crippen LogP contribution in [0.15, 0.2) is 35.4 Å². The Kier molecular flexibility index (Phi) is 7.53. The van der Waals surface area contributed by atoms with Crippen LogP contribution >= 0.6 is 11.6 Å². The van der Waals surface area contributed by atoms with Gasteiger partial charge in [0.05, 0.1) is 22.6 Å². The number of aromatic nitrogens is 2. The molecule has 1 aromatic heterocycles. The zero-order chi connectivity index (χ0) is 22.5. The van der Waals surface area contributed by atoms with Gasteiger partial charge in [0.15, 0.2) is 0 Å². The SMILES string of the molecule is CC(C)CC(C)(COc1ccc(-c2cc(=O)[nH]cn2)cc1Cl)NC(=O)OC(C)(C)C. The Morgan fingerprint density at radius 3 is 2.50 bits per heavy atom. The van der Waals surface area contributed by atoms with Crippen molar-refractivity contribution in [2.24, 2.45) is 5.92 Å². The number of rotatable bonds is 7. The van der Waals surface area contributed by atoms with Crippen LogP contribution in [0.2, 0.25) is 5.02 Å². The van der Waals surface area contributed by atoms with Gasteiger partial charge < -0.3 is 19.8 Å². The summed E-state index contributed by atoms with van der Waals surface area (Å²) in [6.45, 7) is 11.7. The zero-order valence-corrected chi connectivity index (χ0v) is 19.1. The van der Waals surface area contributed by atoms with Crippen LogP contribution in [0.1, 0.15) is 48.0 Å². The number of carbonyl (C=O) groups is 1. The number of carbonyl (C=O) groups excluding carboxylic acids is 1. The first kappa shape index (κ1) is 23.7. The average Bonchev–Trinajstić information content (AvgIpc) is 2.58. The highest BCUT2D eigenvalue weighted by atomic mass is 35.5. The smallest absolute Gasteiger partial charge is 0.408 e. The molecule has 164 valence electrons. The van der Waals surface area contributed by atoms with E-state index in [1.54, 1.807) is 18.2 Å². The first-order valence-electron chi connectivity index (χ1n) is 9.85. The number of aromatic amines is 1. The molecule has 0 aliphatic heterocycles. The molecule has 1 aromatic carbocycles. The van der Waals surface area contributed by atoms with E-state index in [0.717, 1.165) is 0 Å². The van der Waals surface area contributed by atoms with E-state index in [9.17, 15) is 9.59 Å². The van der Waals surface area contributed by atoms with Crippen LogP contribution in [0, 0.1) is 5.92 Å². The van der Waals surface area contributed by atoms with Gasteiger partial charge >= 0.3 is 6.09 Å². The number of nitrogens with one attached hydrogen (secondary N) is 2. The molecule has 8 heteroatoms. The predicted molar refractivity (Wildman–Crippen MR) is 118 cm³/mol. The number of H-pyrrole nitrogens is 1. The molecule has 0 spiro atoms. The molecule has 1 amide bonds. The maximum absolute atomic E-state index is 12.3. The molecule has 2 rings (SSSR count). The third-order valence-corrected chi connectivity index (χ3v) is 4.41. The highest BCUT2D eigenvalue weighted by Crippen LogP contribution is 2.30. The predicted octanol–water partition coefficient (Wildman–Crippen LogP) is 4.80. The highest BCUT2D eigenvalue weighted by molar-refractivity contribution is 6.32. The van der Waals surface area contributed by atoms with E-state index in [-0.39, 0.29) is 12.2 Å². The van der Waals surface area contributed by atoms with E-state index in [2.05, 4.69) is 29.1 Å². The van der Waals surface area contributed by atoms with Crippen LogP contribution in [0.5, 0.6) is 5.75 Å². The lowest BCUT2D eigenvalue weighted by Crippen LogP contribution is -2.52. The molecule has 0 aliphatic carbocycles. The topological polar surface area (TPSA) is 93.3 Å². The summed E-state index contributed by atoms with van der Waals surface area (Å²) in [5, 5.41) is 3.32. The third kappa shape index (κ3) is 7.37. The summed E-state index contributed by atoms with van der Waals surface area (Å²) in [5.74, 6) is 0.805. The Bertz CT molecular complexity index is 936. The van der Waals surface area contributed by atoms with Crippen molar-refractivity contribution in [2.75, 3.05) is 6.61 Å². The van der Waals surface area contributed by atoms with Gasteiger partial charge in [-0.3, -0.25) is 4.79 Å². The molecule has 2 aromatic rings. The molecule has 0 saturated carbocycles. The van der Waals surface area contributed by atoms with Crippen LogP contribution < -0.4 is 15.6 Å². The maximum Gasteiger partial charge on any atom is 0.408 e. The van der Waals surface area contributed by atoms with Crippen molar-refractivity contribution in [1.82, 2.24) is 15.3 Å². The van der Waals surface area contributed by atoms with Gasteiger partial charge in [0.1, 0.15) is 18.0 Å². The van der Waals surface area contributed by atoms with Gasteiger partial charge in [-0.15, -0.1) is 0 Å². The van der Waals surface area contributed by atoms with Gasteiger partial charge in [-0.1, -0.05) is 25.4 Å². The Morgan fingerprint density at radius 1 is 1.23 bits per heavy atom. The van der Waals surface area contributed by atoms with E-state index < -0.39 is 17.2 Å². The van der Waals surface area contributed by atoms with Crippen molar-refractivity contribution in [2.45, 2.75) is 59.1 Å². The molecule has 2 N–H and O–H groups in total. The Hall–Kier alpha value is -2.54. The van der Waals surface area contributed by atoms with E-state index in [0.29, 0.717) is 34.4 Å². The van der Waals surface area contributed by atoms with Crippen molar-refractivity contribution < 1.29 is 14.3 Å². The molecule has 1 unspecified atom stereocenters. The zero-order valence-electron chi connectivity index (χ0n) is 18.3.